The minimum atomic E-state index is -0.925. The van der Waals surface area contributed by atoms with Gasteiger partial charge in [0.05, 0.1) is 6.42 Å². The molecule has 0 aliphatic rings. The van der Waals surface area contributed by atoms with Crippen LogP contribution >= 0.6 is 0 Å². The van der Waals surface area contributed by atoms with Crippen LogP contribution in [0.4, 0.5) is 5.95 Å². The monoisotopic (exact) mass is 266 g/mol. The van der Waals surface area contributed by atoms with Crippen molar-refractivity contribution in [1.82, 2.24) is 9.97 Å². The van der Waals surface area contributed by atoms with Crippen molar-refractivity contribution in [2.45, 2.75) is 45.1 Å². The van der Waals surface area contributed by atoms with Crippen molar-refractivity contribution in [1.29, 1.82) is 0 Å². The number of nitrogens with one attached hydrogen (secondary N) is 1. The van der Waals surface area contributed by atoms with Gasteiger partial charge in [-0.05, 0) is 6.42 Å². The molecule has 0 saturated heterocycles. The van der Waals surface area contributed by atoms with E-state index in [-0.39, 0.29) is 6.42 Å². The third-order valence-electron chi connectivity index (χ3n) is 2.81. The number of unbranched alkanes of at least 4 members (excludes halogenated alkanes) is 3. The number of rotatable bonds is 9. The number of carboxylic acid groups (broad SMARTS) is 1. The third-order valence-corrected chi connectivity index (χ3v) is 2.81. The second-order valence-corrected chi connectivity index (χ2v) is 4.53. The number of hydrogen-bond donors (Lipinski definition) is 3. The van der Waals surface area contributed by atoms with Crippen molar-refractivity contribution < 1.29 is 9.90 Å². The first-order chi connectivity index (χ1) is 9.13. The summed E-state index contributed by atoms with van der Waals surface area (Å²) in [4.78, 5) is 18.8. The number of aliphatic carboxylic acids is 1. The molecule has 0 aliphatic carbocycles. The predicted octanol–water partition coefficient (Wildman–Crippen LogP) is 1.94. The summed E-state index contributed by atoms with van der Waals surface area (Å²) in [7, 11) is 0. The van der Waals surface area contributed by atoms with Gasteiger partial charge in [-0.3, -0.25) is 4.79 Å². The van der Waals surface area contributed by atoms with Crippen molar-refractivity contribution in [3.05, 3.63) is 18.0 Å². The summed E-state index contributed by atoms with van der Waals surface area (Å²) in [5, 5.41) is 11.8. The first kappa shape index (κ1) is 15.4. The topological polar surface area (TPSA) is 101 Å². The van der Waals surface area contributed by atoms with E-state index in [9.17, 15) is 4.79 Å². The van der Waals surface area contributed by atoms with E-state index in [1.54, 1.807) is 12.4 Å². The van der Waals surface area contributed by atoms with Gasteiger partial charge in [0.15, 0.2) is 0 Å². The van der Waals surface area contributed by atoms with Gasteiger partial charge < -0.3 is 16.2 Å². The molecule has 1 rings (SSSR count). The number of hydrogen-bond acceptors (Lipinski definition) is 5. The average molecular weight is 266 g/mol. The second kappa shape index (κ2) is 8.42. The molecule has 4 N–H and O–H groups in total. The van der Waals surface area contributed by atoms with Crippen LogP contribution in [0.15, 0.2) is 12.4 Å². The van der Waals surface area contributed by atoms with Gasteiger partial charge in [0.2, 0.25) is 5.95 Å². The summed E-state index contributed by atoms with van der Waals surface area (Å²) in [6, 6.07) is -0.559. The van der Waals surface area contributed by atoms with E-state index in [2.05, 4.69) is 22.2 Å². The van der Waals surface area contributed by atoms with Crippen molar-refractivity contribution >= 4 is 11.9 Å². The van der Waals surface area contributed by atoms with E-state index >= 15 is 0 Å². The van der Waals surface area contributed by atoms with Gasteiger partial charge in [0.25, 0.3) is 0 Å². The molecular formula is C13H22N4O2. The van der Waals surface area contributed by atoms with E-state index < -0.39 is 12.0 Å². The number of nitrogens with two attached hydrogens (primary N) is 1. The quantitative estimate of drug-likeness (QED) is 0.590. The molecule has 0 amide bonds. The fourth-order valence-electron chi connectivity index (χ4n) is 1.68. The van der Waals surface area contributed by atoms with Crippen LogP contribution < -0.4 is 11.1 Å². The number of carbonyl (C=O) groups is 1. The summed E-state index contributed by atoms with van der Waals surface area (Å²) < 4.78 is 0. The van der Waals surface area contributed by atoms with Crippen LogP contribution in [-0.2, 0) is 4.79 Å². The van der Waals surface area contributed by atoms with E-state index in [1.807, 2.05) is 0 Å². The van der Waals surface area contributed by atoms with E-state index in [0.29, 0.717) is 11.5 Å². The zero-order chi connectivity index (χ0) is 14.1. The zero-order valence-corrected chi connectivity index (χ0v) is 11.3. The number of aromatic nitrogens is 2. The van der Waals surface area contributed by atoms with Gasteiger partial charge in [0, 0.05) is 30.5 Å². The first-order valence-corrected chi connectivity index (χ1v) is 6.66. The molecule has 6 nitrogen and oxygen atoms in total. The number of anilines is 1. The minimum absolute atomic E-state index is 0.118. The largest absolute Gasteiger partial charge is 0.481 e. The van der Waals surface area contributed by atoms with E-state index in [1.165, 1.54) is 19.3 Å². The highest BCUT2D eigenvalue weighted by atomic mass is 16.4. The smallest absolute Gasteiger partial charge is 0.305 e. The van der Waals surface area contributed by atoms with Crippen LogP contribution in [0.1, 0.15) is 50.6 Å². The Labute approximate surface area is 113 Å². The summed E-state index contributed by atoms with van der Waals surface area (Å²) in [6.45, 7) is 3.02. The van der Waals surface area contributed by atoms with Crippen molar-refractivity contribution in [2.24, 2.45) is 5.73 Å². The molecule has 19 heavy (non-hydrogen) atoms. The summed E-state index contributed by atoms with van der Waals surface area (Å²) in [5.74, 6) is -0.367. The molecule has 6 heteroatoms. The molecule has 0 spiro atoms. The van der Waals surface area contributed by atoms with Crippen LogP contribution in [0.3, 0.4) is 0 Å². The van der Waals surface area contributed by atoms with Gasteiger partial charge in [-0.15, -0.1) is 0 Å². The average Bonchev–Trinajstić information content (AvgIpc) is 2.38. The standard InChI is InChI=1S/C13H22N4O2/c1-2-3-4-5-6-15-13-16-8-10(9-17-13)11(14)7-12(18)19/h8-9,11H,2-7,14H2,1H3,(H,18,19)(H,15,16,17)/t11-/m1/s1. The molecule has 1 aromatic rings. The Balaban J connectivity index is 2.36. The maximum Gasteiger partial charge on any atom is 0.305 e. The molecule has 1 atom stereocenters. The Kier molecular flexibility index (Phi) is 6.81. The molecule has 0 saturated carbocycles. The molecular weight excluding hydrogens is 244 g/mol. The number of carboxylic acids is 1. The molecule has 0 fully saturated rings. The third kappa shape index (κ3) is 6.15. The van der Waals surface area contributed by atoms with Gasteiger partial charge in [-0.1, -0.05) is 26.2 Å². The molecule has 0 aliphatic heterocycles. The Morgan fingerprint density at radius 1 is 1.37 bits per heavy atom. The highest BCUT2D eigenvalue weighted by Gasteiger charge is 2.11. The lowest BCUT2D eigenvalue weighted by molar-refractivity contribution is -0.137. The molecule has 0 aromatic carbocycles. The normalized spacial score (nSPS) is 12.1. The maximum absolute atomic E-state index is 10.5. The minimum Gasteiger partial charge on any atom is -0.481 e. The van der Waals surface area contributed by atoms with Crippen LogP contribution in [-0.4, -0.2) is 27.6 Å². The highest BCUT2D eigenvalue weighted by molar-refractivity contribution is 5.67. The van der Waals surface area contributed by atoms with Crippen LogP contribution in [0.5, 0.6) is 0 Å². The summed E-state index contributed by atoms with van der Waals surface area (Å²) >= 11 is 0. The predicted molar refractivity (Wildman–Crippen MR) is 73.8 cm³/mol. The molecule has 0 radical (unpaired) electrons. The lowest BCUT2D eigenvalue weighted by atomic mass is 10.1. The fraction of sp³-hybridized carbons (Fsp3) is 0.615. The molecule has 0 unspecified atom stereocenters. The van der Waals surface area contributed by atoms with Crippen LogP contribution in [0.25, 0.3) is 0 Å². The number of nitrogens with zero attached hydrogens (tertiary/aromatic N) is 2. The molecule has 1 aromatic heterocycles. The molecule has 106 valence electrons. The van der Waals surface area contributed by atoms with Gasteiger partial charge >= 0.3 is 5.97 Å². The maximum atomic E-state index is 10.5. The Bertz CT molecular complexity index is 381. The van der Waals surface area contributed by atoms with E-state index in [4.69, 9.17) is 10.8 Å². The molecule has 0 bridgehead atoms. The lowest BCUT2D eigenvalue weighted by Gasteiger charge is -2.09. The Morgan fingerprint density at radius 2 is 2.05 bits per heavy atom. The van der Waals surface area contributed by atoms with Crippen molar-refractivity contribution in [2.75, 3.05) is 11.9 Å². The van der Waals surface area contributed by atoms with E-state index in [0.717, 1.165) is 13.0 Å². The SMILES string of the molecule is CCCCCCNc1ncc([C@H](N)CC(=O)O)cn1. The van der Waals surface area contributed by atoms with Gasteiger partial charge in [-0.25, -0.2) is 9.97 Å². The Hall–Kier alpha value is -1.69. The highest BCUT2D eigenvalue weighted by Crippen LogP contribution is 2.12. The van der Waals surface area contributed by atoms with Crippen LogP contribution in [0.2, 0.25) is 0 Å². The van der Waals surface area contributed by atoms with Crippen LogP contribution in [0, 0.1) is 0 Å². The summed E-state index contributed by atoms with van der Waals surface area (Å²) in [5.41, 5.74) is 6.36. The van der Waals surface area contributed by atoms with Gasteiger partial charge in [0.1, 0.15) is 0 Å². The van der Waals surface area contributed by atoms with Crippen molar-refractivity contribution in [3.63, 3.8) is 0 Å². The van der Waals surface area contributed by atoms with Gasteiger partial charge in [-0.2, -0.15) is 0 Å². The van der Waals surface area contributed by atoms with Crippen molar-refractivity contribution in [3.8, 4) is 0 Å². The second-order valence-electron chi connectivity index (χ2n) is 4.53. The fourth-order valence-corrected chi connectivity index (χ4v) is 1.68. The lowest BCUT2D eigenvalue weighted by Crippen LogP contribution is -2.16. The summed E-state index contributed by atoms with van der Waals surface area (Å²) in [6.07, 6.45) is 7.79. The Morgan fingerprint density at radius 3 is 2.63 bits per heavy atom. The molecule has 1 heterocycles. The first-order valence-electron chi connectivity index (χ1n) is 6.66. The zero-order valence-electron chi connectivity index (χ0n) is 11.3.